The Balaban J connectivity index is 1.59. The molecule has 1 fully saturated rings. The van der Waals surface area contributed by atoms with Gasteiger partial charge in [0.2, 0.25) is 0 Å². The Hall–Kier alpha value is -3.37. The first-order chi connectivity index (χ1) is 16.4. The van der Waals surface area contributed by atoms with E-state index < -0.39 is 17.8 Å². The van der Waals surface area contributed by atoms with Gasteiger partial charge < -0.3 is 13.9 Å². The molecule has 0 radical (unpaired) electrons. The number of nitrogens with one attached hydrogen (secondary N) is 1. The van der Waals surface area contributed by atoms with Crippen molar-refractivity contribution in [1.82, 2.24) is 10.2 Å². The fraction of sp³-hybridized carbons (Fsp3) is 0.125. The van der Waals surface area contributed by atoms with Gasteiger partial charge in [-0.3, -0.25) is 19.8 Å². The van der Waals surface area contributed by atoms with E-state index >= 15 is 0 Å². The topological polar surface area (TPSA) is 98.1 Å². The lowest BCUT2D eigenvalue weighted by molar-refractivity contribution is -0.130. The molecule has 1 N–H and O–H groups in total. The number of nitrogens with zero attached hydrogens (tertiary/aromatic N) is 1. The largest absolute Gasteiger partial charge is 0.493 e. The highest BCUT2D eigenvalue weighted by molar-refractivity contribution is 9.10. The minimum absolute atomic E-state index is 0.0991. The molecule has 1 aromatic heterocycles. The number of imide groups is 2. The molecule has 2 aromatic carbocycles. The van der Waals surface area contributed by atoms with Gasteiger partial charge in [0.15, 0.2) is 11.5 Å². The van der Waals surface area contributed by atoms with Crippen LogP contribution in [0.25, 0.3) is 6.08 Å². The van der Waals surface area contributed by atoms with Gasteiger partial charge in [0.25, 0.3) is 11.8 Å². The van der Waals surface area contributed by atoms with Crippen molar-refractivity contribution in [3.8, 4) is 11.5 Å². The summed E-state index contributed by atoms with van der Waals surface area (Å²) in [5, 5.41) is 2.19. The molecule has 10 heteroatoms. The van der Waals surface area contributed by atoms with Gasteiger partial charge in [0.05, 0.1) is 24.4 Å². The van der Waals surface area contributed by atoms with Crippen molar-refractivity contribution in [2.24, 2.45) is 0 Å². The molecule has 8 nitrogen and oxygen atoms in total. The second-order valence-electron chi connectivity index (χ2n) is 7.24. The smallest absolute Gasteiger partial charge is 0.331 e. The highest BCUT2D eigenvalue weighted by Gasteiger charge is 2.36. The maximum absolute atomic E-state index is 12.9. The maximum Gasteiger partial charge on any atom is 0.331 e. The van der Waals surface area contributed by atoms with Gasteiger partial charge in [-0.15, -0.1) is 0 Å². The van der Waals surface area contributed by atoms with Gasteiger partial charge in [-0.1, -0.05) is 28.1 Å². The van der Waals surface area contributed by atoms with Crippen molar-refractivity contribution in [3.05, 3.63) is 86.2 Å². The van der Waals surface area contributed by atoms with Gasteiger partial charge in [-0.2, -0.15) is 0 Å². The first kappa shape index (κ1) is 23.8. The summed E-state index contributed by atoms with van der Waals surface area (Å²) in [5.41, 5.74) is 1.28. The van der Waals surface area contributed by atoms with E-state index in [1.54, 1.807) is 24.3 Å². The molecular weight excluding hydrogens is 572 g/mol. The van der Waals surface area contributed by atoms with Crippen LogP contribution in [0, 0.1) is 0 Å². The Labute approximate surface area is 211 Å². The molecule has 4 rings (SSSR count). The summed E-state index contributed by atoms with van der Waals surface area (Å²) >= 11 is 6.88. The SMILES string of the molecule is COc1cc(/C=C2\C(=O)NC(=O)N(Cc3ccco3)C2=O)cc(Br)c1OCc1ccc(Br)cc1. The van der Waals surface area contributed by atoms with Gasteiger partial charge in [0, 0.05) is 4.47 Å². The monoisotopic (exact) mass is 588 g/mol. The van der Waals surface area contributed by atoms with E-state index in [1.165, 1.54) is 19.4 Å². The number of benzene rings is 2. The number of urea groups is 1. The zero-order valence-electron chi connectivity index (χ0n) is 17.8. The molecule has 3 aromatic rings. The summed E-state index contributed by atoms with van der Waals surface area (Å²) in [6, 6.07) is 13.5. The number of halogens is 2. The average molecular weight is 590 g/mol. The Morgan fingerprint density at radius 2 is 1.85 bits per heavy atom. The van der Waals surface area contributed by atoms with Gasteiger partial charge in [-0.05, 0) is 69.5 Å². The van der Waals surface area contributed by atoms with Crippen LogP contribution in [-0.2, 0) is 22.7 Å². The number of carbonyl (C=O) groups excluding carboxylic acids is 3. The third-order valence-electron chi connectivity index (χ3n) is 4.94. The molecular formula is C24H18Br2N2O6. The van der Waals surface area contributed by atoms with Crippen LogP contribution in [0.2, 0.25) is 0 Å². The van der Waals surface area contributed by atoms with Gasteiger partial charge in [0.1, 0.15) is 17.9 Å². The van der Waals surface area contributed by atoms with Crippen LogP contribution >= 0.6 is 31.9 Å². The van der Waals surface area contributed by atoms with E-state index in [-0.39, 0.29) is 12.1 Å². The fourth-order valence-electron chi connectivity index (χ4n) is 3.26. The second kappa shape index (κ2) is 10.3. The summed E-state index contributed by atoms with van der Waals surface area (Å²) in [5.74, 6) is -0.215. The van der Waals surface area contributed by atoms with Crippen molar-refractivity contribution in [2.45, 2.75) is 13.2 Å². The van der Waals surface area contributed by atoms with Crippen molar-refractivity contribution >= 4 is 55.8 Å². The molecule has 0 saturated carbocycles. The lowest BCUT2D eigenvalue weighted by Crippen LogP contribution is -2.53. The Morgan fingerprint density at radius 3 is 2.53 bits per heavy atom. The van der Waals surface area contributed by atoms with Crippen LogP contribution < -0.4 is 14.8 Å². The van der Waals surface area contributed by atoms with Crippen LogP contribution in [0.4, 0.5) is 4.79 Å². The number of amides is 4. The zero-order chi connectivity index (χ0) is 24.2. The van der Waals surface area contributed by atoms with Crippen LogP contribution in [-0.4, -0.2) is 29.9 Å². The Bertz CT molecular complexity index is 1270. The number of methoxy groups -OCH3 is 1. The number of hydrogen-bond acceptors (Lipinski definition) is 6. The number of barbiturate groups is 1. The normalized spacial score (nSPS) is 15.0. The van der Waals surface area contributed by atoms with E-state index in [1.807, 2.05) is 24.3 Å². The maximum atomic E-state index is 12.9. The van der Waals surface area contributed by atoms with E-state index in [9.17, 15) is 14.4 Å². The average Bonchev–Trinajstić information content (AvgIpc) is 3.33. The first-order valence-corrected chi connectivity index (χ1v) is 11.6. The van der Waals surface area contributed by atoms with Crippen LogP contribution in [0.3, 0.4) is 0 Å². The molecule has 0 spiro atoms. The lowest BCUT2D eigenvalue weighted by Gasteiger charge is -2.25. The lowest BCUT2D eigenvalue weighted by atomic mass is 10.1. The minimum Gasteiger partial charge on any atom is -0.493 e. The quantitative estimate of drug-likeness (QED) is 0.306. The van der Waals surface area contributed by atoms with Gasteiger partial charge in [-0.25, -0.2) is 4.79 Å². The molecule has 0 unspecified atom stereocenters. The minimum atomic E-state index is -0.806. The van der Waals surface area contributed by atoms with E-state index in [0.29, 0.717) is 33.9 Å². The zero-order valence-corrected chi connectivity index (χ0v) is 21.0. The number of hydrogen-bond donors (Lipinski definition) is 1. The third-order valence-corrected chi connectivity index (χ3v) is 6.06. The van der Waals surface area contributed by atoms with Crippen molar-refractivity contribution in [1.29, 1.82) is 0 Å². The van der Waals surface area contributed by atoms with Crippen LogP contribution in [0.15, 0.2) is 73.7 Å². The third kappa shape index (κ3) is 5.23. The van der Waals surface area contributed by atoms with Crippen molar-refractivity contribution < 1.29 is 28.3 Å². The van der Waals surface area contributed by atoms with E-state index in [0.717, 1.165) is 14.9 Å². The predicted octanol–water partition coefficient (Wildman–Crippen LogP) is 5.05. The summed E-state index contributed by atoms with van der Waals surface area (Å²) in [4.78, 5) is 38.5. The van der Waals surface area contributed by atoms with Crippen molar-refractivity contribution in [2.75, 3.05) is 7.11 Å². The molecule has 0 aliphatic carbocycles. The van der Waals surface area contributed by atoms with E-state index in [4.69, 9.17) is 13.9 Å². The van der Waals surface area contributed by atoms with Gasteiger partial charge >= 0.3 is 6.03 Å². The highest BCUT2D eigenvalue weighted by atomic mass is 79.9. The fourth-order valence-corrected chi connectivity index (χ4v) is 4.10. The second-order valence-corrected chi connectivity index (χ2v) is 9.01. The summed E-state index contributed by atoms with van der Waals surface area (Å²) < 4.78 is 18.2. The first-order valence-electron chi connectivity index (χ1n) is 10.0. The Kier molecular flexibility index (Phi) is 7.18. The molecule has 174 valence electrons. The number of furan rings is 1. The molecule has 34 heavy (non-hydrogen) atoms. The molecule has 0 atom stereocenters. The molecule has 1 saturated heterocycles. The van der Waals surface area contributed by atoms with Crippen LogP contribution in [0.5, 0.6) is 11.5 Å². The predicted molar refractivity (Wildman–Crippen MR) is 130 cm³/mol. The van der Waals surface area contributed by atoms with Crippen molar-refractivity contribution in [3.63, 3.8) is 0 Å². The van der Waals surface area contributed by atoms with E-state index in [2.05, 4.69) is 37.2 Å². The highest BCUT2D eigenvalue weighted by Crippen LogP contribution is 2.38. The summed E-state index contributed by atoms with van der Waals surface area (Å²) in [6.07, 6.45) is 2.83. The summed E-state index contributed by atoms with van der Waals surface area (Å²) in [6.45, 7) is 0.214. The molecule has 2 heterocycles. The molecule has 1 aliphatic rings. The number of carbonyl (C=O) groups is 3. The molecule has 4 amide bonds. The number of ether oxygens (including phenoxy) is 2. The standard InChI is InChI=1S/C24H18Br2N2O6/c1-32-20-11-15(10-19(26)21(20)34-13-14-4-6-16(25)7-5-14)9-18-22(29)27-24(31)28(23(18)30)12-17-3-2-8-33-17/h2-11H,12-13H2,1H3,(H,27,29,31)/b18-9+. The number of rotatable bonds is 7. The molecule has 1 aliphatic heterocycles. The van der Waals surface area contributed by atoms with Crippen LogP contribution in [0.1, 0.15) is 16.9 Å². The molecule has 0 bridgehead atoms. The Morgan fingerprint density at radius 1 is 1.09 bits per heavy atom. The summed E-state index contributed by atoms with van der Waals surface area (Å²) in [7, 11) is 1.49.